The van der Waals surface area contributed by atoms with Crippen molar-refractivity contribution in [1.82, 2.24) is 14.5 Å². The summed E-state index contributed by atoms with van der Waals surface area (Å²) in [7, 11) is -1.51. The predicted molar refractivity (Wildman–Crippen MR) is 126 cm³/mol. The molecule has 176 valence electrons. The molecule has 1 unspecified atom stereocenters. The molecule has 9 nitrogen and oxygen atoms in total. The molecule has 0 bridgehead atoms. The molecule has 0 fully saturated rings. The summed E-state index contributed by atoms with van der Waals surface area (Å²) < 4.78 is 29.1. The summed E-state index contributed by atoms with van der Waals surface area (Å²) in [5, 5.41) is 9.29. The number of halogens is 1. The topological polar surface area (TPSA) is 138 Å². The van der Waals surface area contributed by atoms with Crippen LogP contribution in [0.3, 0.4) is 0 Å². The fraction of sp³-hybridized carbons (Fsp3) is 0.261. The first kappa shape index (κ1) is 24.7. The molecule has 0 saturated carbocycles. The zero-order valence-electron chi connectivity index (χ0n) is 18.9. The Morgan fingerprint density at radius 2 is 1.97 bits per heavy atom. The van der Waals surface area contributed by atoms with Gasteiger partial charge in [-0.1, -0.05) is 13.8 Å². The van der Waals surface area contributed by atoms with Crippen LogP contribution in [0.2, 0.25) is 0 Å². The summed E-state index contributed by atoms with van der Waals surface area (Å²) in [6, 6.07) is 9.02. The number of hydrogen-bond donors (Lipinski definition) is 2. The molecule has 0 saturated heterocycles. The fourth-order valence-corrected chi connectivity index (χ4v) is 4.06. The number of H-pyrrole nitrogens is 1. The van der Waals surface area contributed by atoms with Crippen molar-refractivity contribution in [2.24, 2.45) is 0 Å². The molecular weight excluding hydrogens is 461 g/mol. The van der Waals surface area contributed by atoms with Crippen molar-refractivity contribution in [3.05, 3.63) is 90.6 Å². The fourth-order valence-electron chi connectivity index (χ4n) is 3.66. The highest BCUT2D eigenvalue weighted by molar-refractivity contribution is 7.85. The lowest BCUT2D eigenvalue weighted by Crippen LogP contribution is -2.38. The van der Waals surface area contributed by atoms with E-state index in [1.165, 1.54) is 18.4 Å². The van der Waals surface area contributed by atoms with Crippen LogP contribution in [0.5, 0.6) is 0 Å². The van der Waals surface area contributed by atoms with Gasteiger partial charge in [-0.3, -0.25) is 23.9 Å². The van der Waals surface area contributed by atoms with Gasteiger partial charge in [-0.25, -0.2) is 14.0 Å². The summed E-state index contributed by atoms with van der Waals surface area (Å²) in [6.07, 6.45) is 1.35. The summed E-state index contributed by atoms with van der Waals surface area (Å²) in [4.78, 5) is 45.0. The lowest BCUT2D eigenvalue weighted by molar-refractivity contribution is 0.102. The minimum atomic E-state index is -1.51. The number of aryl methyl sites for hydroxylation is 1. The SMILES string of the molecule is Cc1cc(C#N)cc(C(=O)c2c(C(C)C)c(=O)[nH]c(=O)n2Cc2cc(F)nc(NS(C)=O)c2)c1. The number of carbonyl (C=O) groups is 1. The number of nitriles is 1. The van der Waals surface area contributed by atoms with Crippen molar-refractivity contribution in [3.63, 3.8) is 0 Å². The molecule has 3 rings (SSSR count). The lowest BCUT2D eigenvalue weighted by atomic mass is 9.95. The van der Waals surface area contributed by atoms with Gasteiger partial charge in [-0.15, -0.1) is 0 Å². The Morgan fingerprint density at radius 3 is 2.59 bits per heavy atom. The summed E-state index contributed by atoms with van der Waals surface area (Å²) in [5.41, 5.74) is -0.299. The number of pyridine rings is 1. The molecule has 2 N–H and O–H groups in total. The van der Waals surface area contributed by atoms with E-state index in [2.05, 4.69) is 14.7 Å². The number of carbonyl (C=O) groups excluding carboxylic acids is 1. The van der Waals surface area contributed by atoms with Crippen molar-refractivity contribution < 1.29 is 13.4 Å². The number of nitrogens with zero attached hydrogens (tertiary/aromatic N) is 3. The van der Waals surface area contributed by atoms with Gasteiger partial charge in [0.15, 0.2) is 0 Å². The zero-order chi connectivity index (χ0) is 25.2. The Bertz CT molecular complexity index is 1470. The number of nitrogens with one attached hydrogen (secondary N) is 2. The van der Waals surface area contributed by atoms with Crippen LogP contribution in [0.25, 0.3) is 0 Å². The van der Waals surface area contributed by atoms with Gasteiger partial charge in [0.2, 0.25) is 11.7 Å². The number of benzene rings is 1. The van der Waals surface area contributed by atoms with Gasteiger partial charge in [0.1, 0.15) is 22.5 Å². The van der Waals surface area contributed by atoms with Gasteiger partial charge in [0.05, 0.1) is 18.2 Å². The van der Waals surface area contributed by atoms with Crippen LogP contribution >= 0.6 is 0 Å². The normalized spacial score (nSPS) is 11.8. The third-order valence-corrected chi connectivity index (χ3v) is 5.44. The standard InChI is InChI=1S/C23H22FN5O4S/c1-12(2)19-20(21(30)16-6-13(3)5-14(7-16)10-25)29(23(32)27-22(19)31)11-15-8-17(24)26-18(9-15)28-34(4)33/h5-9,12H,11H2,1-4H3,(H,26,28)(H,27,31,32). The molecule has 0 aliphatic rings. The Labute approximate surface area is 196 Å². The Hall–Kier alpha value is -3.91. The number of aromatic amines is 1. The highest BCUT2D eigenvalue weighted by Crippen LogP contribution is 2.21. The van der Waals surface area contributed by atoms with E-state index in [0.717, 1.165) is 10.6 Å². The van der Waals surface area contributed by atoms with E-state index in [1.807, 2.05) is 6.07 Å². The summed E-state index contributed by atoms with van der Waals surface area (Å²) in [5.74, 6) is -1.93. The van der Waals surface area contributed by atoms with Crippen LogP contribution < -0.4 is 16.0 Å². The van der Waals surface area contributed by atoms with E-state index in [4.69, 9.17) is 0 Å². The van der Waals surface area contributed by atoms with E-state index < -0.39 is 39.9 Å². The van der Waals surface area contributed by atoms with Gasteiger partial charge in [-0.2, -0.15) is 9.65 Å². The van der Waals surface area contributed by atoms with Crippen LogP contribution in [0.15, 0.2) is 39.9 Å². The molecule has 0 aliphatic carbocycles. The smallest absolute Gasteiger partial charge is 0.290 e. The minimum Gasteiger partial charge on any atom is -0.290 e. The van der Waals surface area contributed by atoms with Crippen molar-refractivity contribution in [2.45, 2.75) is 33.2 Å². The van der Waals surface area contributed by atoms with Crippen molar-refractivity contribution in [3.8, 4) is 6.07 Å². The Kier molecular flexibility index (Phi) is 7.22. The second-order valence-electron chi connectivity index (χ2n) is 8.03. The number of aromatic nitrogens is 3. The first-order valence-corrected chi connectivity index (χ1v) is 11.8. The van der Waals surface area contributed by atoms with Crippen molar-refractivity contribution in [1.29, 1.82) is 5.26 Å². The Balaban J connectivity index is 2.26. The predicted octanol–water partition coefficient (Wildman–Crippen LogP) is 2.36. The molecule has 34 heavy (non-hydrogen) atoms. The third kappa shape index (κ3) is 5.35. The second kappa shape index (κ2) is 9.93. The van der Waals surface area contributed by atoms with Crippen molar-refractivity contribution >= 4 is 22.6 Å². The van der Waals surface area contributed by atoms with Crippen LogP contribution in [0.1, 0.15) is 58.1 Å². The molecule has 0 radical (unpaired) electrons. The maximum absolute atomic E-state index is 14.1. The molecule has 2 aromatic heterocycles. The largest absolute Gasteiger partial charge is 0.329 e. The van der Waals surface area contributed by atoms with Crippen LogP contribution in [-0.2, 0) is 17.5 Å². The average Bonchev–Trinajstić information content (AvgIpc) is 2.73. The van der Waals surface area contributed by atoms with Gasteiger partial charge in [0, 0.05) is 17.4 Å². The molecule has 1 aromatic carbocycles. The third-order valence-electron chi connectivity index (χ3n) is 4.94. The monoisotopic (exact) mass is 483 g/mol. The number of rotatable bonds is 7. The highest BCUT2D eigenvalue weighted by Gasteiger charge is 2.25. The highest BCUT2D eigenvalue weighted by atomic mass is 32.2. The second-order valence-corrected chi connectivity index (χ2v) is 9.14. The molecule has 0 spiro atoms. The molecular formula is C23H22FN5O4S. The number of ketones is 1. The first-order valence-electron chi connectivity index (χ1n) is 10.2. The molecule has 3 aromatic rings. The molecule has 0 aliphatic heterocycles. The van der Waals surface area contributed by atoms with Crippen molar-refractivity contribution in [2.75, 3.05) is 11.0 Å². The molecule has 2 heterocycles. The van der Waals surface area contributed by atoms with Gasteiger partial charge in [0.25, 0.3) is 5.56 Å². The van der Waals surface area contributed by atoms with E-state index in [1.54, 1.807) is 32.9 Å². The van der Waals surface area contributed by atoms with E-state index in [9.17, 15) is 28.2 Å². The van der Waals surface area contributed by atoms with E-state index in [0.29, 0.717) is 5.56 Å². The van der Waals surface area contributed by atoms with E-state index >= 15 is 0 Å². The van der Waals surface area contributed by atoms with E-state index in [-0.39, 0.29) is 40.3 Å². The lowest BCUT2D eigenvalue weighted by Gasteiger charge is -2.18. The quantitative estimate of drug-likeness (QED) is 0.391. The van der Waals surface area contributed by atoms with Gasteiger partial charge >= 0.3 is 5.69 Å². The first-order chi connectivity index (χ1) is 16.0. The maximum Gasteiger partial charge on any atom is 0.329 e. The maximum atomic E-state index is 14.1. The molecule has 0 amide bonds. The van der Waals surface area contributed by atoms with Crippen LogP contribution in [-0.4, -0.2) is 30.8 Å². The number of anilines is 1. The summed E-state index contributed by atoms with van der Waals surface area (Å²) in [6.45, 7) is 4.87. The average molecular weight is 484 g/mol. The summed E-state index contributed by atoms with van der Waals surface area (Å²) >= 11 is 0. The molecule has 1 atom stereocenters. The van der Waals surface area contributed by atoms with Crippen LogP contribution in [0, 0.1) is 24.2 Å². The van der Waals surface area contributed by atoms with Gasteiger partial charge in [-0.05, 0) is 54.3 Å². The zero-order valence-corrected chi connectivity index (χ0v) is 19.7. The Morgan fingerprint density at radius 1 is 1.26 bits per heavy atom. The minimum absolute atomic E-state index is 0.0115. The molecule has 11 heteroatoms. The number of hydrogen-bond acceptors (Lipinski definition) is 6. The van der Waals surface area contributed by atoms with Crippen LogP contribution in [0.4, 0.5) is 10.2 Å². The van der Waals surface area contributed by atoms with Gasteiger partial charge < -0.3 is 0 Å².